The molecule has 2 fully saturated rings. The number of aliphatic carboxylic acids is 1. The summed E-state index contributed by atoms with van der Waals surface area (Å²) < 4.78 is 5.29. The van der Waals surface area contributed by atoms with Gasteiger partial charge in [-0.3, -0.25) is 4.79 Å². The highest BCUT2D eigenvalue weighted by atomic mass is 16.5. The van der Waals surface area contributed by atoms with E-state index in [1.54, 1.807) is 0 Å². The van der Waals surface area contributed by atoms with E-state index in [1.807, 2.05) is 0 Å². The number of carbonyl (C=O) groups excluding carboxylic acids is 1. The van der Waals surface area contributed by atoms with Crippen LogP contribution in [0.5, 0.6) is 0 Å². The lowest BCUT2D eigenvalue weighted by molar-refractivity contribution is -0.145. The summed E-state index contributed by atoms with van der Waals surface area (Å²) in [5.74, 6) is -0.497. The summed E-state index contributed by atoms with van der Waals surface area (Å²) in [7, 11) is 0. The average Bonchev–Trinajstić information content (AvgIpc) is 3.18. The Bertz CT molecular complexity index is 308. The third-order valence-electron chi connectivity index (χ3n) is 3.73. The summed E-state index contributed by atoms with van der Waals surface area (Å²) in [4.78, 5) is 22.9. The molecule has 2 atom stereocenters. The van der Waals surface area contributed by atoms with E-state index in [4.69, 9.17) is 4.74 Å². The molecule has 1 aliphatic heterocycles. The van der Waals surface area contributed by atoms with Gasteiger partial charge in [-0.05, 0) is 25.2 Å². The number of amides is 1. The van der Waals surface area contributed by atoms with Crippen molar-refractivity contribution in [1.29, 1.82) is 0 Å². The number of rotatable bonds is 6. The van der Waals surface area contributed by atoms with Gasteiger partial charge in [-0.25, -0.2) is 4.79 Å². The fraction of sp³-hybridized carbons (Fsp3) is 0.846. The zero-order chi connectivity index (χ0) is 13.0. The van der Waals surface area contributed by atoms with E-state index < -0.39 is 12.0 Å². The first-order chi connectivity index (χ1) is 8.66. The molecule has 102 valence electrons. The first-order valence-electron chi connectivity index (χ1n) is 6.76. The van der Waals surface area contributed by atoms with Crippen molar-refractivity contribution in [3.8, 4) is 0 Å². The van der Waals surface area contributed by atoms with Crippen LogP contribution in [-0.2, 0) is 14.3 Å². The van der Waals surface area contributed by atoms with Crippen molar-refractivity contribution in [2.75, 3.05) is 13.2 Å². The summed E-state index contributed by atoms with van der Waals surface area (Å²) in [6.45, 7) is 1.12. The second kappa shape index (κ2) is 6.18. The smallest absolute Gasteiger partial charge is 0.326 e. The van der Waals surface area contributed by atoms with Crippen molar-refractivity contribution in [1.82, 2.24) is 5.32 Å². The van der Waals surface area contributed by atoms with Crippen LogP contribution in [0.1, 0.15) is 38.5 Å². The highest BCUT2D eigenvalue weighted by molar-refractivity contribution is 5.83. The minimum absolute atomic E-state index is 0.0962. The van der Waals surface area contributed by atoms with E-state index in [2.05, 4.69) is 5.32 Å². The lowest BCUT2D eigenvalue weighted by atomic mass is 9.93. The lowest BCUT2D eigenvalue weighted by Gasteiger charge is -2.28. The van der Waals surface area contributed by atoms with Gasteiger partial charge in [0.15, 0.2) is 0 Å². The van der Waals surface area contributed by atoms with Gasteiger partial charge >= 0.3 is 5.97 Å². The first-order valence-corrected chi connectivity index (χ1v) is 6.76. The van der Waals surface area contributed by atoms with Crippen LogP contribution < -0.4 is 5.32 Å². The van der Waals surface area contributed by atoms with Gasteiger partial charge in [-0.1, -0.05) is 12.8 Å². The van der Waals surface area contributed by atoms with Crippen LogP contribution in [-0.4, -0.2) is 36.2 Å². The van der Waals surface area contributed by atoms with E-state index in [0.717, 1.165) is 19.3 Å². The Kier molecular flexibility index (Phi) is 4.58. The van der Waals surface area contributed by atoms with Gasteiger partial charge in [-0.2, -0.15) is 0 Å². The van der Waals surface area contributed by atoms with Gasteiger partial charge in [0.1, 0.15) is 6.04 Å². The van der Waals surface area contributed by atoms with Crippen molar-refractivity contribution in [2.24, 2.45) is 11.8 Å². The van der Waals surface area contributed by atoms with Crippen LogP contribution in [0.3, 0.4) is 0 Å². The highest BCUT2D eigenvalue weighted by Crippen LogP contribution is 2.33. The molecule has 1 aliphatic carbocycles. The zero-order valence-electron chi connectivity index (χ0n) is 10.6. The molecule has 0 bridgehead atoms. The predicted octanol–water partition coefficient (Wildman–Crippen LogP) is 1.17. The van der Waals surface area contributed by atoms with Crippen molar-refractivity contribution < 1.29 is 19.4 Å². The molecule has 1 amide bonds. The number of carboxylic acids is 1. The maximum absolute atomic E-state index is 11.7. The first kappa shape index (κ1) is 13.3. The van der Waals surface area contributed by atoms with Gasteiger partial charge in [0, 0.05) is 18.9 Å². The molecular formula is C13H21NO4. The molecule has 0 radical (unpaired) electrons. The number of hydrogen-bond acceptors (Lipinski definition) is 3. The molecule has 2 aliphatic rings. The van der Waals surface area contributed by atoms with Crippen LogP contribution in [0.25, 0.3) is 0 Å². The third-order valence-corrected chi connectivity index (χ3v) is 3.73. The maximum atomic E-state index is 11.7. The van der Waals surface area contributed by atoms with Crippen molar-refractivity contribution in [3.05, 3.63) is 0 Å². The minimum atomic E-state index is -0.953. The molecule has 1 saturated carbocycles. The molecular weight excluding hydrogens is 234 g/mol. The zero-order valence-corrected chi connectivity index (χ0v) is 10.6. The number of carbonyl (C=O) groups is 2. The molecule has 0 aromatic heterocycles. The monoisotopic (exact) mass is 255 g/mol. The normalized spacial score (nSPS) is 25.4. The maximum Gasteiger partial charge on any atom is 0.326 e. The summed E-state index contributed by atoms with van der Waals surface area (Å²) in [6.07, 6.45) is 5.44. The molecule has 5 heteroatoms. The number of nitrogens with one attached hydrogen (secondary N) is 1. The third kappa shape index (κ3) is 3.98. The molecule has 2 N–H and O–H groups in total. The molecule has 1 saturated heterocycles. The van der Waals surface area contributed by atoms with E-state index in [9.17, 15) is 14.7 Å². The Morgan fingerprint density at radius 2 is 2.11 bits per heavy atom. The van der Waals surface area contributed by atoms with Crippen molar-refractivity contribution >= 4 is 11.9 Å². The van der Waals surface area contributed by atoms with Crippen LogP contribution in [0.2, 0.25) is 0 Å². The van der Waals surface area contributed by atoms with E-state index in [0.29, 0.717) is 25.6 Å². The Balaban J connectivity index is 1.80. The van der Waals surface area contributed by atoms with Gasteiger partial charge in [0.25, 0.3) is 0 Å². The Labute approximate surface area is 107 Å². The van der Waals surface area contributed by atoms with Gasteiger partial charge in [-0.15, -0.1) is 0 Å². The summed E-state index contributed by atoms with van der Waals surface area (Å²) in [6, 6.07) is -0.794. The fourth-order valence-corrected chi connectivity index (χ4v) is 2.40. The van der Waals surface area contributed by atoms with Crippen LogP contribution in [0.15, 0.2) is 0 Å². The second-order valence-electron chi connectivity index (χ2n) is 5.34. The Hall–Kier alpha value is -1.10. The number of ether oxygens (including phenoxy) is 1. The molecule has 0 aromatic carbocycles. The van der Waals surface area contributed by atoms with E-state index in [1.165, 1.54) is 12.8 Å². The van der Waals surface area contributed by atoms with Crippen molar-refractivity contribution in [2.45, 2.75) is 44.6 Å². The molecule has 2 unspecified atom stereocenters. The van der Waals surface area contributed by atoms with Crippen molar-refractivity contribution in [3.63, 3.8) is 0 Å². The molecule has 1 heterocycles. The molecule has 5 nitrogen and oxygen atoms in total. The highest BCUT2D eigenvalue weighted by Gasteiger charge is 2.31. The van der Waals surface area contributed by atoms with Gasteiger partial charge in [0.2, 0.25) is 5.91 Å². The fourth-order valence-electron chi connectivity index (χ4n) is 2.40. The summed E-state index contributed by atoms with van der Waals surface area (Å²) in [5.41, 5.74) is 0. The second-order valence-corrected chi connectivity index (χ2v) is 5.34. The molecule has 18 heavy (non-hydrogen) atoms. The molecule has 0 spiro atoms. The molecule has 0 aromatic rings. The summed E-state index contributed by atoms with van der Waals surface area (Å²) >= 11 is 0. The minimum Gasteiger partial charge on any atom is -0.480 e. The standard InChI is InChI=1S/C13H21NO4/c15-11(6-5-9-3-4-9)14-12(13(16)17)10-2-1-7-18-8-10/h9-10,12H,1-8H2,(H,14,15)(H,16,17). The van der Waals surface area contributed by atoms with Gasteiger partial charge in [0.05, 0.1) is 6.61 Å². The Morgan fingerprint density at radius 1 is 1.33 bits per heavy atom. The quantitative estimate of drug-likeness (QED) is 0.747. The van der Waals surface area contributed by atoms with Crippen LogP contribution >= 0.6 is 0 Å². The Morgan fingerprint density at radius 3 is 2.67 bits per heavy atom. The summed E-state index contributed by atoms with van der Waals surface area (Å²) in [5, 5.41) is 11.8. The van der Waals surface area contributed by atoms with E-state index >= 15 is 0 Å². The topological polar surface area (TPSA) is 75.6 Å². The van der Waals surface area contributed by atoms with Crippen LogP contribution in [0.4, 0.5) is 0 Å². The predicted molar refractivity (Wildman–Crippen MR) is 65.1 cm³/mol. The van der Waals surface area contributed by atoms with Crippen LogP contribution in [0, 0.1) is 11.8 Å². The largest absolute Gasteiger partial charge is 0.480 e. The van der Waals surface area contributed by atoms with E-state index in [-0.39, 0.29) is 11.8 Å². The lowest BCUT2D eigenvalue weighted by Crippen LogP contribution is -2.48. The van der Waals surface area contributed by atoms with Gasteiger partial charge < -0.3 is 15.2 Å². The molecule has 2 rings (SSSR count). The average molecular weight is 255 g/mol. The number of hydrogen-bond donors (Lipinski definition) is 2. The number of carboxylic acid groups (broad SMARTS) is 1. The SMILES string of the molecule is O=C(CCC1CC1)NC(C(=O)O)C1CCCOC1.